The number of ether oxygens (including phenoxy) is 4. The molecule has 2 heterocycles. The second kappa shape index (κ2) is 19.4. The topological polar surface area (TPSA) is 85.7 Å². The molecule has 2 fully saturated rings. The summed E-state index contributed by atoms with van der Waals surface area (Å²) in [5.41, 5.74) is 10.3. The molecule has 1 aromatic rings. The standard InChI is InChI=1S/C35H57N3O4/c1-6-7-8-9-10-11-12-13-14-15-16-18-21-26(2)27(3)31(37-38-36)24-39-34-29(5)28(4)33-32(41-34)25-40-35(42-33)30-22-19-17-20-23-30/h16-20,22-23,26-29,31-35H,6-15,21,24-25H2,1-5H3/b18-16+/t26-,27-,28?,29?,31-,32?,33?,34?,35?/m1/s1. The number of nitrogens with zero attached hydrogens (tertiary/aromatic N) is 3. The summed E-state index contributed by atoms with van der Waals surface area (Å²) in [6.45, 7) is 11.8. The summed E-state index contributed by atoms with van der Waals surface area (Å²) < 4.78 is 25.0. The van der Waals surface area contributed by atoms with Crippen LogP contribution >= 0.6 is 0 Å². The summed E-state index contributed by atoms with van der Waals surface area (Å²) in [6.07, 6.45) is 18.0. The van der Waals surface area contributed by atoms with Crippen molar-refractivity contribution in [1.82, 2.24) is 0 Å². The van der Waals surface area contributed by atoms with Gasteiger partial charge in [-0.3, -0.25) is 0 Å². The quantitative estimate of drug-likeness (QED) is 0.0533. The second-order valence-corrected chi connectivity index (χ2v) is 12.7. The van der Waals surface area contributed by atoms with Crippen molar-refractivity contribution >= 4 is 0 Å². The first-order chi connectivity index (χ1) is 20.5. The van der Waals surface area contributed by atoms with Crippen molar-refractivity contribution in [2.45, 2.75) is 136 Å². The van der Waals surface area contributed by atoms with Gasteiger partial charge in [0.25, 0.3) is 0 Å². The number of fused-ring (bicyclic) bond motifs is 1. The van der Waals surface area contributed by atoms with Crippen molar-refractivity contribution in [3.63, 3.8) is 0 Å². The summed E-state index contributed by atoms with van der Waals surface area (Å²) in [6, 6.07) is 9.80. The minimum Gasteiger partial charge on any atom is -0.352 e. The van der Waals surface area contributed by atoms with E-state index in [0.717, 1.165) is 18.4 Å². The van der Waals surface area contributed by atoms with Crippen LogP contribution in [0.3, 0.4) is 0 Å². The van der Waals surface area contributed by atoms with Gasteiger partial charge < -0.3 is 18.9 Å². The fourth-order valence-corrected chi connectivity index (χ4v) is 6.09. The van der Waals surface area contributed by atoms with Gasteiger partial charge >= 0.3 is 0 Å². The smallest absolute Gasteiger partial charge is 0.184 e. The van der Waals surface area contributed by atoms with Crippen molar-refractivity contribution < 1.29 is 18.9 Å². The van der Waals surface area contributed by atoms with E-state index in [2.05, 4.69) is 56.8 Å². The number of benzene rings is 1. The van der Waals surface area contributed by atoms with E-state index in [-0.39, 0.29) is 42.3 Å². The minimum absolute atomic E-state index is 0.0620. The van der Waals surface area contributed by atoms with Gasteiger partial charge in [0.2, 0.25) is 0 Å². The highest BCUT2D eigenvalue weighted by Gasteiger charge is 2.46. The van der Waals surface area contributed by atoms with Crippen molar-refractivity contribution in [3.05, 3.63) is 58.5 Å². The predicted molar refractivity (Wildman–Crippen MR) is 170 cm³/mol. The Balaban J connectivity index is 1.38. The monoisotopic (exact) mass is 583 g/mol. The Morgan fingerprint density at radius 3 is 2.33 bits per heavy atom. The van der Waals surface area contributed by atoms with Crippen LogP contribution in [0.15, 0.2) is 47.6 Å². The molecule has 0 bridgehead atoms. The van der Waals surface area contributed by atoms with Gasteiger partial charge in [0.15, 0.2) is 12.6 Å². The fourth-order valence-electron chi connectivity index (χ4n) is 6.09. The number of rotatable bonds is 19. The molecule has 42 heavy (non-hydrogen) atoms. The van der Waals surface area contributed by atoms with E-state index in [4.69, 9.17) is 18.9 Å². The highest BCUT2D eigenvalue weighted by Crippen LogP contribution is 2.39. The zero-order valence-electron chi connectivity index (χ0n) is 26.9. The maximum absolute atomic E-state index is 9.28. The maximum Gasteiger partial charge on any atom is 0.184 e. The van der Waals surface area contributed by atoms with Crippen molar-refractivity contribution in [2.75, 3.05) is 13.2 Å². The van der Waals surface area contributed by atoms with E-state index in [0.29, 0.717) is 19.1 Å². The predicted octanol–water partition coefficient (Wildman–Crippen LogP) is 9.93. The van der Waals surface area contributed by atoms with Gasteiger partial charge in [-0.05, 0) is 42.5 Å². The molecule has 236 valence electrons. The molecule has 2 saturated heterocycles. The molecule has 6 unspecified atom stereocenters. The van der Waals surface area contributed by atoms with E-state index < -0.39 is 6.29 Å². The maximum atomic E-state index is 9.28. The van der Waals surface area contributed by atoms with Crippen LogP contribution in [-0.4, -0.2) is 37.8 Å². The van der Waals surface area contributed by atoms with E-state index in [1.54, 1.807) is 0 Å². The number of azide groups is 1. The third-order valence-electron chi connectivity index (χ3n) is 9.50. The first-order valence-corrected chi connectivity index (χ1v) is 16.7. The third-order valence-corrected chi connectivity index (χ3v) is 9.50. The van der Waals surface area contributed by atoms with Gasteiger partial charge in [-0.25, -0.2) is 0 Å². The van der Waals surface area contributed by atoms with Gasteiger partial charge in [-0.15, -0.1) is 0 Å². The highest BCUT2D eigenvalue weighted by molar-refractivity contribution is 5.16. The molecule has 0 N–H and O–H groups in total. The Labute approximate surface area is 255 Å². The van der Waals surface area contributed by atoms with Gasteiger partial charge in [-0.2, -0.15) is 0 Å². The van der Waals surface area contributed by atoms with Gasteiger partial charge in [0, 0.05) is 16.4 Å². The minimum atomic E-state index is -0.392. The molecule has 2 aliphatic heterocycles. The average molecular weight is 584 g/mol. The largest absolute Gasteiger partial charge is 0.352 e. The summed E-state index contributed by atoms with van der Waals surface area (Å²) in [5, 5.41) is 4.13. The lowest BCUT2D eigenvalue weighted by atomic mass is 9.84. The Hall–Kier alpha value is -1.89. The first-order valence-electron chi connectivity index (χ1n) is 16.7. The third kappa shape index (κ3) is 11.0. The van der Waals surface area contributed by atoms with E-state index in [9.17, 15) is 5.53 Å². The van der Waals surface area contributed by atoms with Crippen LogP contribution in [0.5, 0.6) is 0 Å². The second-order valence-electron chi connectivity index (χ2n) is 12.7. The Morgan fingerprint density at radius 1 is 0.952 bits per heavy atom. The molecule has 0 radical (unpaired) electrons. The van der Waals surface area contributed by atoms with Gasteiger partial charge in [-0.1, -0.05) is 134 Å². The summed E-state index contributed by atoms with van der Waals surface area (Å²) in [4.78, 5) is 3.15. The zero-order valence-corrected chi connectivity index (χ0v) is 26.9. The van der Waals surface area contributed by atoms with Crippen LogP contribution in [0.1, 0.15) is 117 Å². The lowest BCUT2D eigenvalue weighted by molar-refractivity contribution is -0.343. The van der Waals surface area contributed by atoms with Crippen LogP contribution in [0.4, 0.5) is 0 Å². The number of unbranched alkanes of at least 4 members (excludes halogenated alkanes) is 9. The molecule has 9 atom stereocenters. The van der Waals surface area contributed by atoms with Gasteiger partial charge in [0.1, 0.15) is 6.10 Å². The molecular weight excluding hydrogens is 526 g/mol. The molecule has 2 aliphatic rings. The zero-order chi connectivity index (χ0) is 30.2. The molecule has 0 spiro atoms. The Morgan fingerprint density at radius 2 is 1.64 bits per heavy atom. The molecule has 0 aromatic heterocycles. The summed E-state index contributed by atoms with van der Waals surface area (Å²) in [7, 11) is 0. The molecular formula is C35H57N3O4. The average Bonchev–Trinajstić information content (AvgIpc) is 3.01. The Bertz CT molecular complexity index is 935. The van der Waals surface area contributed by atoms with E-state index >= 15 is 0 Å². The summed E-state index contributed by atoms with van der Waals surface area (Å²) >= 11 is 0. The SMILES string of the molecule is CCCCCCCCCCC/C=C/C[C@@H](C)[C@@H](C)[C@@H](COC1OC2COC(c3ccccc3)OC2C(C)C1C)N=[N+]=[N-]. The molecule has 7 nitrogen and oxygen atoms in total. The van der Waals surface area contributed by atoms with E-state index in [1.807, 2.05) is 30.3 Å². The van der Waals surface area contributed by atoms with E-state index in [1.165, 1.54) is 57.8 Å². The normalized spacial score (nSPS) is 28.1. The first kappa shape index (κ1) is 34.6. The van der Waals surface area contributed by atoms with Gasteiger partial charge in [0.05, 0.1) is 25.4 Å². The Kier molecular flexibility index (Phi) is 16.0. The van der Waals surface area contributed by atoms with Crippen LogP contribution in [0.2, 0.25) is 0 Å². The van der Waals surface area contributed by atoms with Crippen LogP contribution < -0.4 is 0 Å². The number of hydrogen-bond donors (Lipinski definition) is 0. The fraction of sp³-hybridized carbons (Fsp3) is 0.771. The van der Waals surface area contributed by atoms with Crippen LogP contribution in [0, 0.1) is 23.7 Å². The molecule has 0 saturated carbocycles. The molecule has 1 aromatic carbocycles. The number of hydrogen-bond acceptors (Lipinski definition) is 5. The van der Waals surface area contributed by atoms with Crippen LogP contribution in [-0.2, 0) is 18.9 Å². The molecule has 0 aliphatic carbocycles. The van der Waals surface area contributed by atoms with Crippen molar-refractivity contribution in [1.29, 1.82) is 0 Å². The molecule has 7 heteroatoms. The number of allylic oxidation sites excluding steroid dienone is 2. The molecule has 0 amide bonds. The van der Waals surface area contributed by atoms with Crippen LogP contribution in [0.25, 0.3) is 10.4 Å². The lowest BCUT2D eigenvalue weighted by Gasteiger charge is -2.48. The molecule has 3 rings (SSSR count). The summed E-state index contributed by atoms with van der Waals surface area (Å²) in [5.74, 6) is 0.931. The van der Waals surface area contributed by atoms with Crippen molar-refractivity contribution in [3.8, 4) is 0 Å². The highest BCUT2D eigenvalue weighted by atomic mass is 16.7. The lowest BCUT2D eigenvalue weighted by Crippen LogP contribution is -2.56. The van der Waals surface area contributed by atoms with Crippen molar-refractivity contribution in [2.24, 2.45) is 28.8 Å².